The fourth-order valence-corrected chi connectivity index (χ4v) is 4.39. The van der Waals surface area contributed by atoms with Crippen molar-refractivity contribution < 1.29 is 0 Å². The normalized spacial score (nSPS) is 12.0. The standard InChI is InChI=1S/C29H36N2/c1-6-7-8-9-18-30-23-12-14-24(15-13-23)31-27-16-10-21(2)19-25(27)26-20-22(29(3,4)5)11-17-28(26)31/h10-17,19-20,30H,6-9,18H2,1-5H3. The number of nitrogens with one attached hydrogen (secondary N) is 1. The van der Waals surface area contributed by atoms with E-state index in [1.807, 2.05) is 0 Å². The molecule has 0 radical (unpaired) electrons. The molecule has 0 aliphatic heterocycles. The van der Waals surface area contributed by atoms with Gasteiger partial charge in [-0.1, -0.05) is 64.7 Å². The van der Waals surface area contributed by atoms with E-state index in [1.54, 1.807) is 0 Å². The number of benzene rings is 3. The quantitative estimate of drug-likeness (QED) is 0.302. The van der Waals surface area contributed by atoms with Gasteiger partial charge in [-0.3, -0.25) is 0 Å². The summed E-state index contributed by atoms with van der Waals surface area (Å²) in [5.41, 5.74) is 7.77. The average Bonchev–Trinajstić information content (AvgIpc) is 3.06. The van der Waals surface area contributed by atoms with Crippen LogP contribution in [0.1, 0.15) is 64.5 Å². The van der Waals surface area contributed by atoms with Crippen molar-refractivity contribution in [1.82, 2.24) is 4.57 Å². The van der Waals surface area contributed by atoms with E-state index in [4.69, 9.17) is 0 Å². The van der Waals surface area contributed by atoms with E-state index in [-0.39, 0.29) is 5.41 Å². The van der Waals surface area contributed by atoms with Gasteiger partial charge in [0.25, 0.3) is 0 Å². The van der Waals surface area contributed by atoms with Crippen LogP contribution in [0.25, 0.3) is 27.5 Å². The summed E-state index contributed by atoms with van der Waals surface area (Å²) >= 11 is 0. The van der Waals surface area contributed by atoms with Gasteiger partial charge in [0.2, 0.25) is 0 Å². The molecular weight excluding hydrogens is 376 g/mol. The van der Waals surface area contributed by atoms with Crippen molar-refractivity contribution in [3.63, 3.8) is 0 Å². The monoisotopic (exact) mass is 412 g/mol. The first-order chi connectivity index (χ1) is 14.9. The highest BCUT2D eigenvalue weighted by atomic mass is 15.0. The lowest BCUT2D eigenvalue weighted by molar-refractivity contribution is 0.591. The molecule has 0 aliphatic carbocycles. The van der Waals surface area contributed by atoms with Gasteiger partial charge in [0.15, 0.2) is 0 Å². The van der Waals surface area contributed by atoms with Crippen molar-refractivity contribution >= 4 is 27.5 Å². The summed E-state index contributed by atoms with van der Waals surface area (Å²) in [6.07, 6.45) is 5.14. The number of unbranched alkanes of at least 4 members (excludes halogenated alkanes) is 3. The maximum Gasteiger partial charge on any atom is 0.0541 e. The van der Waals surface area contributed by atoms with Crippen molar-refractivity contribution in [3.05, 3.63) is 71.8 Å². The van der Waals surface area contributed by atoms with Crippen LogP contribution >= 0.6 is 0 Å². The number of aryl methyl sites for hydroxylation is 1. The molecule has 4 rings (SSSR count). The van der Waals surface area contributed by atoms with Crippen LogP contribution in [0.3, 0.4) is 0 Å². The van der Waals surface area contributed by atoms with Gasteiger partial charge in [-0.25, -0.2) is 0 Å². The van der Waals surface area contributed by atoms with Gasteiger partial charge in [-0.2, -0.15) is 0 Å². The summed E-state index contributed by atoms with van der Waals surface area (Å²) in [6.45, 7) is 12.3. The Hall–Kier alpha value is -2.74. The predicted molar refractivity (Wildman–Crippen MR) is 137 cm³/mol. The molecule has 31 heavy (non-hydrogen) atoms. The van der Waals surface area contributed by atoms with Gasteiger partial charge in [-0.05, 0) is 72.9 Å². The number of fused-ring (bicyclic) bond motifs is 3. The number of rotatable bonds is 7. The molecule has 0 saturated heterocycles. The van der Waals surface area contributed by atoms with Crippen LogP contribution in [0.4, 0.5) is 5.69 Å². The molecule has 0 spiro atoms. The van der Waals surface area contributed by atoms with Gasteiger partial charge >= 0.3 is 0 Å². The van der Waals surface area contributed by atoms with Crippen LogP contribution in [-0.2, 0) is 5.41 Å². The minimum absolute atomic E-state index is 0.136. The Morgan fingerprint density at radius 3 is 2.13 bits per heavy atom. The molecule has 3 aromatic carbocycles. The topological polar surface area (TPSA) is 17.0 Å². The van der Waals surface area contributed by atoms with Crippen LogP contribution in [0.15, 0.2) is 60.7 Å². The molecule has 0 saturated carbocycles. The third-order valence-electron chi connectivity index (χ3n) is 6.27. The number of hydrogen-bond donors (Lipinski definition) is 1. The van der Waals surface area contributed by atoms with Crippen LogP contribution < -0.4 is 5.32 Å². The summed E-state index contributed by atoms with van der Waals surface area (Å²) in [7, 11) is 0. The van der Waals surface area contributed by atoms with Crippen LogP contribution in [0, 0.1) is 6.92 Å². The molecule has 2 heteroatoms. The van der Waals surface area contributed by atoms with Gasteiger partial charge in [0.05, 0.1) is 11.0 Å². The lowest BCUT2D eigenvalue weighted by Crippen LogP contribution is -2.10. The largest absolute Gasteiger partial charge is 0.385 e. The molecule has 1 heterocycles. The van der Waals surface area contributed by atoms with E-state index in [0.717, 1.165) is 6.54 Å². The molecule has 0 atom stereocenters. The molecule has 0 fully saturated rings. The smallest absolute Gasteiger partial charge is 0.0541 e. The van der Waals surface area contributed by atoms with Gasteiger partial charge in [0.1, 0.15) is 0 Å². The summed E-state index contributed by atoms with van der Waals surface area (Å²) in [4.78, 5) is 0. The number of aromatic nitrogens is 1. The third kappa shape index (κ3) is 4.49. The lowest BCUT2D eigenvalue weighted by Gasteiger charge is -2.19. The minimum atomic E-state index is 0.136. The molecule has 0 aliphatic rings. The Balaban J connectivity index is 1.73. The van der Waals surface area contributed by atoms with Crippen LogP contribution in [0.2, 0.25) is 0 Å². The molecule has 162 valence electrons. The Bertz CT molecular complexity index is 1170. The molecule has 4 aromatic rings. The maximum absolute atomic E-state index is 3.57. The van der Waals surface area contributed by atoms with E-state index >= 15 is 0 Å². The first kappa shape index (κ1) is 21.5. The summed E-state index contributed by atoms with van der Waals surface area (Å²) < 4.78 is 2.40. The molecule has 0 amide bonds. The van der Waals surface area contributed by atoms with Crippen molar-refractivity contribution in [1.29, 1.82) is 0 Å². The zero-order valence-electron chi connectivity index (χ0n) is 19.8. The second kappa shape index (κ2) is 8.78. The predicted octanol–water partition coefficient (Wildman–Crippen LogP) is 8.38. The summed E-state index contributed by atoms with van der Waals surface area (Å²) in [6, 6.07) is 22.7. The van der Waals surface area contributed by atoms with Gasteiger partial charge < -0.3 is 9.88 Å². The van der Waals surface area contributed by atoms with Crippen LogP contribution in [0.5, 0.6) is 0 Å². The van der Waals surface area contributed by atoms with Crippen molar-refractivity contribution in [2.75, 3.05) is 11.9 Å². The first-order valence-electron chi connectivity index (χ1n) is 11.8. The van der Waals surface area contributed by atoms with Crippen molar-refractivity contribution in [2.45, 2.75) is 65.7 Å². The second-order valence-electron chi connectivity index (χ2n) is 9.87. The van der Waals surface area contributed by atoms with E-state index in [9.17, 15) is 0 Å². The molecule has 0 unspecified atom stereocenters. The summed E-state index contributed by atoms with van der Waals surface area (Å²) in [5, 5.41) is 6.24. The highest BCUT2D eigenvalue weighted by Gasteiger charge is 2.18. The van der Waals surface area contributed by atoms with E-state index in [1.165, 1.54) is 70.0 Å². The van der Waals surface area contributed by atoms with E-state index in [0.29, 0.717) is 0 Å². The molecule has 1 N–H and O–H groups in total. The maximum atomic E-state index is 3.57. The Morgan fingerprint density at radius 2 is 1.45 bits per heavy atom. The first-order valence-corrected chi connectivity index (χ1v) is 11.8. The van der Waals surface area contributed by atoms with Gasteiger partial charge in [-0.15, -0.1) is 0 Å². The third-order valence-corrected chi connectivity index (χ3v) is 6.27. The van der Waals surface area contributed by atoms with Crippen LogP contribution in [-0.4, -0.2) is 11.1 Å². The summed E-state index contributed by atoms with van der Waals surface area (Å²) in [5.74, 6) is 0. The van der Waals surface area contributed by atoms with E-state index < -0.39 is 0 Å². The Kier molecular flexibility index (Phi) is 6.09. The molecule has 0 bridgehead atoms. The molecule has 2 nitrogen and oxygen atoms in total. The zero-order chi connectivity index (χ0) is 22.0. The highest BCUT2D eigenvalue weighted by Crippen LogP contribution is 2.35. The Labute approximate surface area is 187 Å². The number of hydrogen-bond acceptors (Lipinski definition) is 1. The van der Waals surface area contributed by atoms with Gasteiger partial charge in [0, 0.05) is 28.7 Å². The zero-order valence-corrected chi connectivity index (χ0v) is 19.8. The highest BCUT2D eigenvalue weighted by molar-refractivity contribution is 6.09. The second-order valence-corrected chi connectivity index (χ2v) is 9.87. The molecule has 1 aromatic heterocycles. The van der Waals surface area contributed by atoms with E-state index in [2.05, 4.69) is 105 Å². The fraction of sp³-hybridized carbons (Fsp3) is 0.379. The SMILES string of the molecule is CCCCCCNc1ccc(-n2c3ccc(C)cc3c3cc(C(C)(C)C)ccc32)cc1. The van der Waals surface area contributed by atoms with Crippen molar-refractivity contribution in [3.8, 4) is 5.69 Å². The van der Waals surface area contributed by atoms with Crippen molar-refractivity contribution in [2.24, 2.45) is 0 Å². The minimum Gasteiger partial charge on any atom is -0.385 e. The molecular formula is C29H36N2. The number of anilines is 1. The Morgan fingerprint density at radius 1 is 0.774 bits per heavy atom. The average molecular weight is 413 g/mol. The number of nitrogens with zero attached hydrogens (tertiary/aromatic N) is 1. The lowest BCUT2D eigenvalue weighted by atomic mass is 9.86. The fourth-order valence-electron chi connectivity index (χ4n) is 4.39.